The second-order valence-corrected chi connectivity index (χ2v) is 5.15. The lowest BCUT2D eigenvalue weighted by molar-refractivity contribution is 0.323. The first-order valence-corrected chi connectivity index (χ1v) is 6.68. The highest BCUT2D eigenvalue weighted by molar-refractivity contribution is 5.31. The van der Waals surface area contributed by atoms with Crippen LogP contribution in [-0.2, 0) is 5.54 Å². The van der Waals surface area contributed by atoms with Gasteiger partial charge in [0, 0.05) is 5.54 Å². The van der Waals surface area contributed by atoms with Crippen LogP contribution in [0.4, 0.5) is 0 Å². The van der Waals surface area contributed by atoms with Crippen molar-refractivity contribution in [2.45, 2.75) is 50.5 Å². The lowest BCUT2D eigenvalue weighted by Crippen LogP contribution is -2.37. The van der Waals surface area contributed by atoms with Crippen LogP contribution in [0, 0.1) is 0 Å². The third kappa shape index (κ3) is 3.01. The standard InChI is InChI=1S/C15H23NO/c1-17-14-9-7-13(8-10-14)15(16)11-5-3-2-4-6-12-15/h7-10H,2-6,11-12,16H2,1H3. The van der Waals surface area contributed by atoms with Gasteiger partial charge in [0.2, 0.25) is 0 Å². The highest BCUT2D eigenvalue weighted by Crippen LogP contribution is 2.33. The van der Waals surface area contributed by atoms with Crippen LogP contribution in [0.2, 0.25) is 0 Å². The van der Waals surface area contributed by atoms with E-state index in [1.54, 1.807) is 7.11 Å². The van der Waals surface area contributed by atoms with Crippen molar-refractivity contribution in [3.8, 4) is 5.75 Å². The topological polar surface area (TPSA) is 35.2 Å². The van der Waals surface area contributed by atoms with E-state index in [2.05, 4.69) is 12.1 Å². The van der Waals surface area contributed by atoms with Crippen LogP contribution in [0.1, 0.15) is 50.5 Å². The van der Waals surface area contributed by atoms with Gasteiger partial charge in [0.05, 0.1) is 7.11 Å². The SMILES string of the molecule is COc1ccc(C2(N)CCCCCCC2)cc1. The van der Waals surface area contributed by atoms with Crippen molar-refractivity contribution in [3.63, 3.8) is 0 Å². The molecule has 0 heterocycles. The van der Waals surface area contributed by atoms with E-state index in [1.807, 2.05) is 12.1 Å². The van der Waals surface area contributed by atoms with Crippen LogP contribution < -0.4 is 10.5 Å². The molecule has 0 radical (unpaired) electrons. The van der Waals surface area contributed by atoms with Gasteiger partial charge >= 0.3 is 0 Å². The zero-order chi connectivity index (χ0) is 12.1. The van der Waals surface area contributed by atoms with E-state index in [0.717, 1.165) is 18.6 Å². The molecule has 94 valence electrons. The summed E-state index contributed by atoms with van der Waals surface area (Å²) in [5.41, 5.74) is 7.75. The van der Waals surface area contributed by atoms with Crippen molar-refractivity contribution in [2.24, 2.45) is 5.73 Å². The predicted octanol–water partition coefficient (Wildman–Crippen LogP) is 3.59. The molecule has 0 bridgehead atoms. The minimum absolute atomic E-state index is 0.118. The number of hydrogen-bond acceptors (Lipinski definition) is 2. The summed E-state index contributed by atoms with van der Waals surface area (Å²) in [7, 11) is 1.70. The fourth-order valence-electron chi connectivity index (χ4n) is 2.75. The summed E-state index contributed by atoms with van der Waals surface area (Å²) in [5, 5.41) is 0. The molecule has 1 fully saturated rings. The lowest BCUT2D eigenvalue weighted by atomic mass is 9.79. The second kappa shape index (κ2) is 5.54. The van der Waals surface area contributed by atoms with Crippen molar-refractivity contribution in [3.05, 3.63) is 29.8 Å². The predicted molar refractivity (Wildman–Crippen MR) is 71.2 cm³/mol. The van der Waals surface area contributed by atoms with E-state index >= 15 is 0 Å². The van der Waals surface area contributed by atoms with E-state index in [1.165, 1.54) is 37.7 Å². The number of methoxy groups -OCH3 is 1. The summed E-state index contributed by atoms with van der Waals surface area (Å²) in [6.07, 6.45) is 8.76. The molecule has 0 spiro atoms. The van der Waals surface area contributed by atoms with E-state index in [9.17, 15) is 0 Å². The van der Waals surface area contributed by atoms with Crippen molar-refractivity contribution >= 4 is 0 Å². The maximum Gasteiger partial charge on any atom is 0.118 e. The van der Waals surface area contributed by atoms with Gasteiger partial charge in [-0.25, -0.2) is 0 Å². The molecule has 17 heavy (non-hydrogen) atoms. The van der Waals surface area contributed by atoms with Gasteiger partial charge in [-0.15, -0.1) is 0 Å². The zero-order valence-electron chi connectivity index (χ0n) is 10.7. The first-order valence-electron chi connectivity index (χ1n) is 6.68. The lowest BCUT2D eigenvalue weighted by Gasteiger charge is -2.32. The molecule has 1 aliphatic rings. The van der Waals surface area contributed by atoms with E-state index in [0.29, 0.717) is 0 Å². The molecule has 2 heteroatoms. The van der Waals surface area contributed by atoms with Gasteiger partial charge < -0.3 is 10.5 Å². The minimum Gasteiger partial charge on any atom is -0.497 e. The van der Waals surface area contributed by atoms with Crippen molar-refractivity contribution in [1.29, 1.82) is 0 Å². The summed E-state index contributed by atoms with van der Waals surface area (Å²) in [5.74, 6) is 0.906. The Labute approximate surface area is 104 Å². The first-order chi connectivity index (χ1) is 8.24. The Balaban J connectivity index is 2.15. The Bertz CT molecular complexity index is 336. The molecule has 0 aromatic heterocycles. The Morgan fingerprint density at radius 2 is 1.47 bits per heavy atom. The molecule has 1 saturated carbocycles. The van der Waals surface area contributed by atoms with Gasteiger partial charge in [-0.1, -0.05) is 44.2 Å². The largest absolute Gasteiger partial charge is 0.497 e. The average molecular weight is 233 g/mol. The highest BCUT2D eigenvalue weighted by atomic mass is 16.5. The molecular formula is C15H23NO. The van der Waals surface area contributed by atoms with Crippen LogP contribution >= 0.6 is 0 Å². The summed E-state index contributed by atoms with van der Waals surface area (Å²) in [6, 6.07) is 8.28. The maximum atomic E-state index is 6.60. The molecule has 1 aromatic carbocycles. The molecule has 2 nitrogen and oxygen atoms in total. The molecule has 1 aromatic rings. The molecule has 0 aliphatic heterocycles. The smallest absolute Gasteiger partial charge is 0.118 e. The van der Waals surface area contributed by atoms with Crippen LogP contribution in [0.5, 0.6) is 5.75 Å². The van der Waals surface area contributed by atoms with Gasteiger partial charge in [-0.2, -0.15) is 0 Å². The van der Waals surface area contributed by atoms with E-state index in [-0.39, 0.29) is 5.54 Å². The summed E-state index contributed by atoms with van der Waals surface area (Å²) >= 11 is 0. The Kier molecular flexibility index (Phi) is 4.06. The molecule has 0 unspecified atom stereocenters. The zero-order valence-corrected chi connectivity index (χ0v) is 10.7. The fraction of sp³-hybridized carbons (Fsp3) is 0.600. The van der Waals surface area contributed by atoms with Gasteiger partial charge in [0.15, 0.2) is 0 Å². The third-order valence-electron chi connectivity index (χ3n) is 3.91. The number of hydrogen-bond donors (Lipinski definition) is 1. The van der Waals surface area contributed by atoms with E-state index in [4.69, 9.17) is 10.5 Å². The first kappa shape index (κ1) is 12.4. The Hall–Kier alpha value is -1.02. The van der Waals surface area contributed by atoms with Gasteiger partial charge in [-0.3, -0.25) is 0 Å². The molecule has 1 aliphatic carbocycles. The molecule has 2 N–H and O–H groups in total. The van der Waals surface area contributed by atoms with Crippen molar-refractivity contribution in [2.75, 3.05) is 7.11 Å². The van der Waals surface area contributed by atoms with Crippen LogP contribution in [0.15, 0.2) is 24.3 Å². The Morgan fingerprint density at radius 1 is 0.941 bits per heavy atom. The van der Waals surface area contributed by atoms with Gasteiger partial charge in [0.1, 0.15) is 5.75 Å². The van der Waals surface area contributed by atoms with Crippen LogP contribution in [-0.4, -0.2) is 7.11 Å². The Morgan fingerprint density at radius 3 is 2.00 bits per heavy atom. The summed E-state index contributed by atoms with van der Waals surface area (Å²) < 4.78 is 5.19. The van der Waals surface area contributed by atoms with Gasteiger partial charge in [-0.05, 0) is 30.5 Å². The van der Waals surface area contributed by atoms with Crippen LogP contribution in [0.3, 0.4) is 0 Å². The number of rotatable bonds is 2. The fourth-order valence-corrected chi connectivity index (χ4v) is 2.75. The summed E-state index contributed by atoms with van der Waals surface area (Å²) in [6.45, 7) is 0. The number of ether oxygens (including phenoxy) is 1. The van der Waals surface area contributed by atoms with Crippen LogP contribution in [0.25, 0.3) is 0 Å². The van der Waals surface area contributed by atoms with Crippen molar-refractivity contribution in [1.82, 2.24) is 0 Å². The molecular weight excluding hydrogens is 210 g/mol. The monoisotopic (exact) mass is 233 g/mol. The average Bonchev–Trinajstić information content (AvgIpc) is 2.34. The molecule has 0 atom stereocenters. The quantitative estimate of drug-likeness (QED) is 0.847. The summed E-state index contributed by atoms with van der Waals surface area (Å²) in [4.78, 5) is 0. The minimum atomic E-state index is -0.118. The van der Waals surface area contributed by atoms with E-state index < -0.39 is 0 Å². The van der Waals surface area contributed by atoms with Gasteiger partial charge in [0.25, 0.3) is 0 Å². The van der Waals surface area contributed by atoms with Crippen molar-refractivity contribution < 1.29 is 4.74 Å². The maximum absolute atomic E-state index is 6.60. The highest BCUT2D eigenvalue weighted by Gasteiger charge is 2.27. The molecule has 0 amide bonds. The number of benzene rings is 1. The molecule has 2 rings (SSSR count). The normalized spacial score (nSPS) is 20.4. The third-order valence-corrected chi connectivity index (χ3v) is 3.91. The molecule has 0 saturated heterocycles. The number of nitrogens with two attached hydrogens (primary N) is 1. The second-order valence-electron chi connectivity index (χ2n) is 5.15.